The Balaban J connectivity index is 1.66. The van der Waals surface area contributed by atoms with Crippen LogP contribution in [0, 0.1) is 0 Å². The zero-order valence-corrected chi connectivity index (χ0v) is 17.2. The molecule has 1 aliphatic rings. The van der Waals surface area contributed by atoms with E-state index < -0.39 is 10.0 Å². The summed E-state index contributed by atoms with van der Waals surface area (Å²) in [5.74, 6) is 1.08. The third-order valence-electron chi connectivity index (χ3n) is 4.68. The van der Waals surface area contributed by atoms with Gasteiger partial charge in [-0.25, -0.2) is 5.01 Å². The Morgan fingerprint density at radius 2 is 1.77 bits per heavy atom. The van der Waals surface area contributed by atoms with E-state index in [9.17, 15) is 8.42 Å². The summed E-state index contributed by atoms with van der Waals surface area (Å²) in [6, 6.07) is 18.1. The fraction of sp³-hybridized carbons (Fsp3) is 0.136. The lowest BCUT2D eigenvalue weighted by Crippen LogP contribution is -2.28. The zero-order chi connectivity index (χ0) is 21.0. The first kappa shape index (κ1) is 19.8. The van der Waals surface area contributed by atoms with Crippen molar-refractivity contribution in [3.05, 3.63) is 89.7 Å². The zero-order valence-electron chi connectivity index (χ0n) is 16.3. The Morgan fingerprint density at radius 1 is 1.03 bits per heavy atom. The van der Waals surface area contributed by atoms with Gasteiger partial charge in [0.05, 0.1) is 13.3 Å². The molecule has 152 valence electrons. The van der Waals surface area contributed by atoms with E-state index in [1.54, 1.807) is 55.0 Å². The van der Waals surface area contributed by atoms with Gasteiger partial charge in [-0.3, -0.25) is 4.98 Å². The van der Waals surface area contributed by atoms with E-state index in [0.29, 0.717) is 24.4 Å². The summed E-state index contributed by atoms with van der Waals surface area (Å²) in [7, 11) is -2.12. The fourth-order valence-corrected chi connectivity index (χ4v) is 4.31. The Morgan fingerprint density at radius 3 is 2.50 bits per heavy atom. The summed E-state index contributed by atoms with van der Waals surface area (Å²) in [4.78, 5) is 4.23. The SMILES string of the molecule is COc1ccc(/C=N/N(CCc2ccncc2)C2=NS(=O)(=O)c3ccccc32)cc1. The van der Waals surface area contributed by atoms with E-state index in [2.05, 4.69) is 14.5 Å². The molecule has 4 rings (SSSR count). The van der Waals surface area contributed by atoms with Crippen molar-refractivity contribution >= 4 is 22.1 Å². The molecule has 3 aromatic rings. The van der Waals surface area contributed by atoms with Gasteiger partial charge in [0.2, 0.25) is 0 Å². The largest absolute Gasteiger partial charge is 0.497 e. The average Bonchev–Trinajstić information content (AvgIpc) is 3.06. The molecule has 0 radical (unpaired) electrons. The number of sulfonamides is 1. The van der Waals surface area contributed by atoms with Crippen molar-refractivity contribution in [1.29, 1.82) is 0 Å². The molecule has 2 aromatic carbocycles. The number of hydrogen-bond donors (Lipinski definition) is 0. The monoisotopic (exact) mass is 420 g/mol. The molecule has 30 heavy (non-hydrogen) atoms. The summed E-state index contributed by atoms with van der Waals surface area (Å²) in [6.45, 7) is 0.458. The molecule has 7 nitrogen and oxygen atoms in total. The smallest absolute Gasteiger partial charge is 0.285 e. The lowest BCUT2D eigenvalue weighted by atomic mass is 10.1. The lowest BCUT2D eigenvalue weighted by Gasteiger charge is -2.19. The second-order valence-corrected chi connectivity index (χ2v) is 8.20. The number of rotatable bonds is 6. The molecular weight excluding hydrogens is 400 g/mol. The molecule has 1 aromatic heterocycles. The van der Waals surface area contributed by atoms with E-state index in [1.165, 1.54) is 0 Å². The predicted molar refractivity (Wildman–Crippen MR) is 115 cm³/mol. The molecule has 0 amide bonds. The number of benzene rings is 2. The number of fused-ring (bicyclic) bond motifs is 1. The van der Waals surface area contributed by atoms with E-state index in [4.69, 9.17) is 4.74 Å². The molecule has 0 bridgehead atoms. The number of ether oxygens (including phenoxy) is 1. The molecule has 2 heterocycles. The highest BCUT2D eigenvalue weighted by Crippen LogP contribution is 2.27. The minimum atomic E-state index is -3.73. The highest BCUT2D eigenvalue weighted by atomic mass is 32.2. The maximum absolute atomic E-state index is 12.5. The minimum Gasteiger partial charge on any atom is -0.497 e. The molecular formula is C22H20N4O3S. The number of pyridine rings is 1. The molecule has 0 aliphatic carbocycles. The van der Waals surface area contributed by atoms with Gasteiger partial charge in [-0.05, 0) is 66.1 Å². The van der Waals surface area contributed by atoms with Crippen LogP contribution in [0.4, 0.5) is 0 Å². The topological polar surface area (TPSA) is 84.2 Å². The van der Waals surface area contributed by atoms with Crippen molar-refractivity contribution in [3.8, 4) is 5.75 Å². The first-order chi connectivity index (χ1) is 14.6. The Kier molecular flexibility index (Phi) is 5.58. The second-order valence-electron chi connectivity index (χ2n) is 6.63. The normalized spacial score (nSPS) is 14.4. The summed E-state index contributed by atoms with van der Waals surface area (Å²) >= 11 is 0. The number of methoxy groups -OCH3 is 1. The minimum absolute atomic E-state index is 0.202. The Bertz CT molecular complexity index is 1190. The summed E-state index contributed by atoms with van der Waals surface area (Å²) < 4.78 is 34.2. The van der Waals surface area contributed by atoms with E-state index in [0.717, 1.165) is 16.9 Å². The predicted octanol–water partition coefficient (Wildman–Crippen LogP) is 3.12. The van der Waals surface area contributed by atoms with Crippen molar-refractivity contribution in [2.24, 2.45) is 9.50 Å². The number of aromatic nitrogens is 1. The Hall–Kier alpha value is -3.52. The van der Waals surface area contributed by atoms with Gasteiger partial charge >= 0.3 is 0 Å². The van der Waals surface area contributed by atoms with Crippen LogP contribution >= 0.6 is 0 Å². The van der Waals surface area contributed by atoms with Crippen molar-refractivity contribution in [2.45, 2.75) is 11.3 Å². The first-order valence-corrected chi connectivity index (χ1v) is 10.8. The molecule has 0 saturated carbocycles. The first-order valence-electron chi connectivity index (χ1n) is 9.36. The standard InChI is InChI=1S/C22H20N4O3S/c1-29-19-8-6-18(7-9-19)16-24-26(15-12-17-10-13-23-14-11-17)22-20-4-2-3-5-21(20)30(27,28)25-22/h2-11,13-14,16H,12,15H2,1H3/b24-16+. The molecule has 0 N–H and O–H groups in total. The van der Waals surface area contributed by atoms with Gasteiger partial charge in [-0.15, -0.1) is 4.40 Å². The third kappa shape index (κ3) is 4.23. The molecule has 0 saturated heterocycles. The van der Waals surface area contributed by atoms with Crippen LogP contribution in [-0.4, -0.2) is 44.1 Å². The maximum atomic E-state index is 12.5. The second kappa shape index (κ2) is 8.46. The fourth-order valence-electron chi connectivity index (χ4n) is 3.10. The third-order valence-corrected chi connectivity index (χ3v) is 6.01. The quantitative estimate of drug-likeness (QED) is 0.452. The number of amidine groups is 1. The molecule has 0 spiro atoms. The van der Waals surface area contributed by atoms with E-state index >= 15 is 0 Å². The molecule has 0 unspecified atom stereocenters. The van der Waals surface area contributed by atoms with Crippen molar-refractivity contribution in [1.82, 2.24) is 9.99 Å². The van der Waals surface area contributed by atoms with Gasteiger partial charge in [0.15, 0.2) is 5.84 Å². The van der Waals surface area contributed by atoms with Crippen LogP contribution in [-0.2, 0) is 16.4 Å². The van der Waals surface area contributed by atoms with Crippen molar-refractivity contribution in [2.75, 3.05) is 13.7 Å². The van der Waals surface area contributed by atoms with Gasteiger partial charge in [0, 0.05) is 24.5 Å². The molecule has 0 fully saturated rings. The average molecular weight is 420 g/mol. The summed E-state index contributed by atoms with van der Waals surface area (Å²) in [6.07, 6.45) is 5.80. The van der Waals surface area contributed by atoms with Crippen LogP contribution in [0.3, 0.4) is 0 Å². The van der Waals surface area contributed by atoms with E-state index in [-0.39, 0.29) is 4.90 Å². The van der Waals surface area contributed by atoms with Gasteiger partial charge in [0.1, 0.15) is 10.6 Å². The molecule has 1 aliphatic heterocycles. The molecule has 0 atom stereocenters. The van der Waals surface area contributed by atoms with Crippen LogP contribution in [0.25, 0.3) is 0 Å². The van der Waals surface area contributed by atoms with Crippen molar-refractivity contribution < 1.29 is 13.2 Å². The van der Waals surface area contributed by atoms with Gasteiger partial charge in [-0.2, -0.15) is 13.5 Å². The summed E-state index contributed by atoms with van der Waals surface area (Å²) in [5.41, 5.74) is 2.49. The van der Waals surface area contributed by atoms with Crippen LogP contribution in [0.1, 0.15) is 16.7 Å². The van der Waals surface area contributed by atoms with Gasteiger partial charge in [0.25, 0.3) is 10.0 Å². The number of hydrazone groups is 1. The van der Waals surface area contributed by atoms with Crippen LogP contribution < -0.4 is 4.74 Å². The highest BCUT2D eigenvalue weighted by Gasteiger charge is 2.31. The van der Waals surface area contributed by atoms with Gasteiger partial charge in [-0.1, -0.05) is 12.1 Å². The van der Waals surface area contributed by atoms with Crippen LogP contribution in [0.2, 0.25) is 0 Å². The summed E-state index contributed by atoms with van der Waals surface area (Å²) in [5, 5.41) is 6.20. The van der Waals surface area contributed by atoms with E-state index in [1.807, 2.05) is 36.4 Å². The number of hydrogen-bond acceptors (Lipinski definition) is 6. The molecule has 8 heteroatoms. The van der Waals surface area contributed by atoms with Crippen molar-refractivity contribution in [3.63, 3.8) is 0 Å². The highest BCUT2D eigenvalue weighted by molar-refractivity contribution is 7.90. The maximum Gasteiger partial charge on any atom is 0.285 e. The van der Waals surface area contributed by atoms with Crippen LogP contribution in [0.15, 0.2) is 87.5 Å². The van der Waals surface area contributed by atoms with Crippen LogP contribution in [0.5, 0.6) is 5.75 Å². The van der Waals surface area contributed by atoms with Gasteiger partial charge < -0.3 is 4.74 Å². The Labute approximate surface area is 175 Å². The number of nitrogens with zero attached hydrogens (tertiary/aromatic N) is 4. The lowest BCUT2D eigenvalue weighted by molar-refractivity contribution is 0.415.